The lowest BCUT2D eigenvalue weighted by atomic mass is 9.94. The molecule has 0 spiro atoms. The zero-order chi connectivity index (χ0) is 14.9. The Kier molecular flexibility index (Phi) is 3.94. The molecular formula is C14H16N2O3S. The zero-order valence-corrected chi connectivity index (χ0v) is 12.3. The predicted octanol–water partition coefficient (Wildman–Crippen LogP) is 1.91. The minimum absolute atomic E-state index is 0.269. The minimum Gasteiger partial charge on any atom is -0.496 e. The lowest BCUT2D eigenvalue weighted by Crippen LogP contribution is -2.46. The molecule has 0 fully saturated rings. The van der Waals surface area contributed by atoms with Crippen molar-refractivity contribution in [3.8, 4) is 5.75 Å². The molecule has 0 radical (unpaired) electrons. The van der Waals surface area contributed by atoms with Crippen LogP contribution in [0, 0.1) is 0 Å². The number of nitrogens with one attached hydrogen (secondary N) is 1. The number of thiocarbonyl (C=S) groups is 1. The van der Waals surface area contributed by atoms with Gasteiger partial charge in [-0.15, -0.1) is 0 Å². The monoisotopic (exact) mass is 292 g/mol. The molecule has 2 rings (SSSR count). The van der Waals surface area contributed by atoms with Gasteiger partial charge in [-0.3, -0.25) is 0 Å². The van der Waals surface area contributed by atoms with E-state index >= 15 is 0 Å². The molecule has 1 atom stereocenters. The molecular weight excluding hydrogens is 276 g/mol. The molecule has 0 aliphatic carbocycles. The minimum atomic E-state index is -0.972. The Labute approximate surface area is 122 Å². The first-order valence-electron chi connectivity index (χ1n) is 6.08. The van der Waals surface area contributed by atoms with Crippen LogP contribution in [-0.2, 0) is 4.79 Å². The van der Waals surface area contributed by atoms with Crippen LogP contribution in [-0.4, -0.2) is 35.2 Å². The maximum Gasteiger partial charge on any atom is 0.335 e. The topological polar surface area (TPSA) is 61.8 Å². The third-order valence-electron chi connectivity index (χ3n) is 3.34. The number of carboxylic acid groups (broad SMARTS) is 1. The fraction of sp³-hybridized carbons (Fsp3) is 0.286. The zero-order valence-electron chi connectivity index (χ0n) is 11.5. The highest BCUT2D eigenvalue weighted by atomic mass is 32.1. The summed E-state index contributed by atoms with van der Waals surface area (Å²) in [5.74, 6) is -0.333. The van der Waals surface area contributed by atoms with Gasteiger partial charge in [0, 0.05) is 18.3 Å². The number of hydrogen-bond donors (Lipinski definition) is 2. The van der Waals surface area contributed by atoms with Crippen LogP contribution in [0.5, 0.6) is 5.75 Å². The maximum absolute atomic E-state index is 11.6. The third-order valence-corrected chi connectivity index (χ3v) is 3.73. The average molecular weight is 292 g/mol. The molecule has 1 heterocycles. The van der Waals surface area contributed by atoms with Gasteiger partial charge in [0.1, 0.15) is 5.75 Å². The summed E-state index contributed by atoms with van der Waals surface area (Å²) in [5.41, 5.74) is 1.60. The summed E-state index contributed by atoms with van der Waals surface area (Å²) in [6, 6.07) is 6.88. The van der Waals surface area contributed by atoms with Crippen molar-refractivity contribution < 1.29 is 14.6 Å². The lowest BCUT2D eigenvalue weighted by Gasteiger charge is -2.37. The van der Waals surface area contributed by atoms with Crippen LogP contribution in [0.2, 0.25) is 0 Å². The van der Waals surface area contributed by atoms with Gasteiger partial charge in [-0.05, 0) is 25.2 Å². The summed E-state index contributed by atoms with van der Waals surface area (Å²) >= 11 is 5.25. The van der Waals surface area contributed by atoms with Crippen molar-refractivity contribution in [3.05, 3.63) is 41.1 Å². The Bertz CT molecular complexity index is 598. The summed E-state index contributed by atoms with van der Waals surface area (Å²) in [4.78, 5) is 13.3. The number of benzene rings is 1. The Balaban J connectivity index is 2.63. The second-order valence-corrected chi connectivity index (χ2v) is 4.92. The first-order valence-corrected chi connectivity index (χ1v) is 6.49. The van der Waals surface area contributed by atoms with Gasteiger partial charge in [0.05, 0.1) is 18.7 Å². The number of para-hydroxylation sites is 1. The average Bonchev–Trinajstić information content (AvgIpc) is 2.42. The number of carboxylic acids is 1. The summed E-state index contributed by atoms with van der Waals surface area (Å²) in [7, 11) is 3.33. The SMILES string of the molecule is COc1ccccc1C1C(C(=O)O)=C(C)NC(=S)N1C. The number of allylic oxidation sites excluding steroid dienone is 1. The molecule has 6 heteroatoms. The number of rotatable bonds is 3. The van der Waals surface area contributed by atoms with Crippen molar-refractivity contribution in [2.45, 2.75) is 13.0 Å². The molecule has 106 valence electrons. The smallest absolute Gasteiger partial charge is 0.335 e. The molecule has 5 nitrogen and oxygen atoms in total. The first kappa shape index (κ1) is 14.3. The number of methoxy groups -OCH3 is 1. The van der Waals surface area contributed by atoms with Gasteiger partial charge in [-0.2, -0.15) is 0 Å². The molecule has 0 saturated heterocycles. The summed E-state index contributed by atoms with van der Waals surface area (Å²) < 4.78 is 5.34. The largest absolute Gasteiger partial charge is 0.496 e. The van der Waals surface area contributed by atoms with Crippen molar-refractivity contribution in [3.63, 3.8) is 0 Å². The van der Waals surface area contributed by atoms with Gasteiger partial charge in [0.15, 0.2) is 5.11 Å². The van der Waals surface area contributed by atoms with E-state index in [0.717, 1.165) is 5.56 Å². The van der Waals surface area contributed by atoms with Crippen LogP contribution >= 0.6 is 12.2 Å². The molecule has 1 aromatic carbocycles. The van der Waals surface area contributed by atoms with Crippen LogP contribution in [0.3, 0.4) is 0 Å². The lowest BCUT2D eigenvalue weighted by molar-refractivity contribution is -0.133. The van der Waals surface area contributed by atoms with Crippen LogP contribution < -0.4 is 10.1 Å². The second-order valence-electron chi connectivity index (χ2n) is 4.53. The number of likely N-dealkylation sites (N-methyl/N-ethyl adjacent to an activating group) is 1. The van der Waals surface area contributed by atoms with Gasteiger partial charge in [-0.25, -0.2) is 4.79 Å². The molecule has 1 aliphatic rings. The van der Waals surface area contributed by atoms with Gasteiger partial charge in [0.25, 0.3) is 0 Å². The van der Waals surface area contributed by atoms with E-state index in [1.165, 1.54) is 0 Å². The molecule has 0 aromatic heterocycles. The fourth-order valence-corrected chi connectivity index (χ4v) is 2.62. The van der Waals surface area contributed by atoms with E-state index in [0.29, 0.717) is 16.6 Å². The van der Waals surface area contributed by atoms with Crippen LogP contribution in [0.15, 0.2) is 35.5 Å². The number of carbonyl (C=O) groups is 1. The fourth-order valence-electron chi connectivity index (χ4n) is 2.37. The van der Waals surface area contributed by atoms with Gasteiger partial charge in [-0.1, -0.05) is 18.2 Å². The van der Waals surface area contributed by atoms with Crippen molar-refractivity contribution in [1.82, 2.24) is 10.2 Å². The maximum atomic E-state index is 11.6. The van der Waals surface area contributed by atoms with E-state index in [2.05, 4.69) is 5.32 Å². The third kappa shape index (κ3) is 2.34. The summed E-state index contributed by atoms with van der Waals surface area (Å²) in [6.45, 7) is 1.71. The number of aliphatic carboxylic acids is 1. The molecule has 1 unspecified atom stereocenters. The molecule has 0 amide bonds. The first-order chi connectivity index (χ1) is 9.47. The molecule has 0 saturated carbocycles. The van der Waals surface area contributed by atoms with E-state index in [-0.39, 0.29) is 5.57 Å². The Morgan fingerprint density at radius 2 is 2.10 bits per heavy atom. The van der Waals surface area contributed by atoms with E-state index < -0.39 is 12.0 Å². The Morgan fingerprint density at radius 1 is 1.45 bits per heavy atom. The standard InChI is InChI=1S/C14H16N2O3S/c1-8-11(13(17)18)12(16(2)14(20)15-8)9-6-4-5-7-10(9)19-3/h4-7,12H,1-3H3,(H,15,20)(H,17,18). The highest BCUT2D eigenvalue weighted by Crippen LogP contribution is 2.37. The predicted molar refractivity (Wildman–Crippen MR) is 79.6 cm³/mol. The van der Waals surface area contributed by atoms with E-state index in [4.69, 9.17) is 17.0 Å². The van der Waals surface area contributed by atoms with E-state index in [1.807, 2.05) is 24.3 Å². The Hall–Kier alpha value is -2.08. The molecule has 2 N–H and O–H groups in total. The number of hydrogen-bond acceptors (Lipinski definition) is 3. The summed E-state index contributed by atoms with van der Waals surface area (Å²) in [6.07, 6.45) is 0. The Morgan fingerprint density at radius 3 is 2.70 bits per heavy atom. The highest BCUT2D eigenvalue weighted by Gasteiger charge is 2.35. The number of nitrogens with zero attached hydrogens (tertiary/aromatic N) is 1. The van der Waals surface area contributed by atoms with Crippen molar-refractivity contribution in [2.24, 2.45) is 0 Å². The van der Waals surface area contributed by atoms with Crippen LogP contribution in [0.25, 0.3) is 0 Å². The van der Waals surface area contributed by atoms with Gasteiger partial charge in [0.2, 0.25) is 0 Å². The van der Waals surface area contributed by atoms with E-state index in [1.54, 1.807) is 26.0 Å². The second kappa shape index (κ2) is 5.50. The molecule has 1 aromatic rings. The van der Waals surface area contributed by atoms with E-state index in [9.17, 15) is 9.90 Å². The molecule has 20 heavy (non-hydrogen) atoms. The van der Waals surface area contributed by atoms with Gasteiger partial charge < -0.3 is 20.1 Å². The van der Waals surface area contributed by atoms with Crippen molar-refractivity contribution in [1.29, 1.82) is 0 Å². The quantitative estimate of drug-likeness (QED) is 0.830. The highest BCUT2D eigenvalue weighted by molar-refractivity contribution is 7.80. The molecule has 0 bridgehead atoms. The number of ether oxygens (including phenoxy) is 1. The van der Waals surface area contributed by atoms with Crippen molar-refractivity contribution >= 4 is 23.3 Å². The summed E-state index contributed by atoms with van der Waals surface area (Å²) in [5, 5.41) is 12.9. The molecule has 1 aliphatic heterocycles. The normalized spacial score (nSPS) is 18.9. The van der Waals surface area contributed by atoms with Crippen molar-refractivity contribution in [2.75, 3.05) is 14.2 Å². The van der Waals surface area contributed by atoms with Crippen LogP contribution in [0.4, 0.5) is 0 Å². The van der Waals surface area contributed by atoms with Crippen LogP contribution in [0.1, 0.15) is 18.5 Å². The van der Waals surface area contributed by atoms with Gasteiger partial charge >= 0.3 is 5.97 Å².